The predicted octanol–water partition coefficient (Wildman–Crippen LogP) is 1.93. The molecule has 0 aromatic heterocycles. The fraction of sp³-hybridized carbons (Fsp3) is 0.452. The second-order valence-corrected chi connectivity index (χ2v) is 12.2. The van der Waals surface area contributed by atoms with E-state index in [1.54, 1.807) is 12.1 Å². The standard InChI is InChI=1S/C31H39N3O11S/c1-19-11-13-25(14-12-19)46(39,40)34-27(32-17-24-9-7-6-8-10-24)15-16-41-31-28(33-20(2)35)30(44-23(5)38)29(43-22(4)37)26(45-31)18-42-21(3)36/h6-14,26,28-31H,15-18H2,1-5H3,(H,32,34)(H,33,35)/t26-,28-,29-,30-,31+/m1/s1. The van der Waals surface area contributed by atoms with Crippen molar-refractivity contribution in [3.8, 4) is 0 Å². The normalized spacial score (nSPS) is 21.5. The van der Waals surface area contributed by atoms with E-state index in [0.717, 1.165) is 25.0 Å². The molecule has 3 rings (SSSR count). The summed E-state index contributed by atoms with van der Waals surface area (Å²) in [6, 6.07) is 14.4. The maximum atomic E-state index is 13.2. The molecule has 1 amide bonds. The number of aliphatic imine (C=N–C) groups is 1. The molecule has 0 saturated carbocycles. The van der Waals surface area contributed by atoms with Crippen LogP contribution in [0.2, 0.25) is 0 Å². The molecule has 2 N–H and O–H groups in total. The summed E-state index contributed by atoms with van der Waals surface area (Å²) in [6.45, 7) is 6.11. The van der Waals surface area contributed by atoms with Crippen molar-refractivity contribution >= 4 is 39.7 Å². The smallest absolute Gasteiger partial charge is 0.303 e. The van der Waals surface area contributed by atoms with Gasteiger partial charge in [-0.25, -0.2) is 8.42 Å². The number of ether oxygens (including phenoxy) is 5. The zero-order valence-electron chi connectivity index (χ0n) is 26.3. The molecule has 15 heteroatoms. The van der Waals surface area contributed by atoms with Crippen molar-refractivity contribution in [2.45, 2.75) is 83.1 Å². The van der Waals surface area contributed by atoms with Gasteiger partial charge >= 0.3 is 17.9 Å². The summed E-state index contributed by atoms with van der Waals surface area (Å²) in [7, 11) is -4.01. The first-order valence-corrected chi connectivity index (χ1v) is 15.9. The van der Waals surface area contributed by atoms with E-state index in [2.05, 4.69) is 15.0 Å². The number of carbonyl (C=O) groups is 4. The van der Waals surface area contributed by atoms with E-state index >= 15 is 0 Å². The molecule has 0 spiro atoms. The minimum absolute atomic E-state index is 0.0433. The molecular formula is C31H39N3O11S. The Morgan fingerprint density at radius 3 is 2.09 bits per heavy atom. The number of hydrogen-bond acceptors (Lipinski definition) is 12. The fourth-order valence-electron chi connectivity index (χ4n) is 4.57. The Kier molecular flexibility index (Phi) is 13.2. The Balaban J connectivity index is 1.88. The molecule has 250 valence electrons. The molecule has 1 aliphatic heterocycles. The van der Waals surface area contributed by atoms with Gasteiger partial charge in [-0.15, -0.1) is 0 Å². The van der Waals surface area contributed by atoms with Crippen molar-refractivity contribution in [2.24, 2.45) is 4.99 Å². The van der Waals surface area contributed by atoms with Crippen LogP contribution in [0.15, 0.2) is 64.5 Å². The Hall–Kier alpha value is -4.34. The molecule has 0 radical (unpaired) electrons. The van der Waals surface area contributed by atoms with Crippen molar-refractivity contribution in [1.29, 1.82) is 0 Å². The molecule has 1 heterocycles. The molecule has 0 aliphatic carbocycles. The lowest BCUT2D eigenvalue weighted by Gasteiger charge is -2.44. The van der Waals surface area contributed by atoms with E-state index in [0.29, 0.717) is 0 Å². The number of carbonyl (C=O) groups excluding carboxylic acids is 4. The zero-order valence-corrected chi connectivity index (χ0v) is 27.1. The lowest BCUT2D eigenvalue weighted by Crippen LogP contribution is -2.66. The van der Waals surface area contributed by atoms with Crippen LogP contribution in [0.25, 0.3) is 0 Å². The average Bonchev–Trinajstić information content (AvgIpc) is 2.97. The summed E-state index contributed by atoms with van der Waals surface area (Å²) in [4.78, 5) is 52.4. The van der Waals surface area contributed by atoms with Crippen molar-refractivity contribution in [3.05, 3.63) is 65.7 Å². The van der Waals surface area contributed by atoms with E-state index < -0.39 is 71.1 Å². The summed E-state index contributed by atoms with van der Waals surface area (Å²) in [6.07, 6.45) is -5.09. The number of hydrogen-bond donors (Lipinski definition) is 2. The van der Waals surface area contributed by atoms with E-state index in [4.69, 9.17) is 23.7 Å². The van der Waals surface area contributed by atoms with Crippen LogP contribution in [0.3, 0.4) is 0 Å². The van der Waals surface area contributed by atoms with Crippen LogP contribution in [0.1, 0.15) is 45.2 Å². The highest BCUT2D eigenvalue weighted by molar-refractivity contribution is 7.90. The first-order chi connectivity index (χ1) is 21.7. The molecule has 1 saturated heterocycles. The number of amidine groups is 1. The van der Waals surface area contributed by atoms with Crippen LogP contribution in [0.4, 0.5) is 0 Å². The maximum Gasteiger partial charge on any atom is 0.303 e. The number of sulfonamides is 1. The summed E-state index contributed by atoms with van der Waals surface area (Å²) in [5, 5.41) is 2.62. The van der Waals surface area contributed by atoms with Gasteiger partial charge in [0.1, 0.15) is 24.6 Å². The van der Waals surface area contributed by atoms with Crippen LogP contribution in [0.5, 0.6) is 0 Å². The first kappa shape index (κ1) is 36.1. The fourth-order valence-corrected chi connectivity index (χ4v) is 5.66. The molecule has 2 aromatic carbocycles. The molecule has 0 bridgehead atoms. The van der Waals surface area contributed by atoms with Crippen LogP contribution in [-0.2, 0) is 59.4 Å². The third-order valence-electron chi connectivity index (χ3n) is 6.57. The Bertz CT molecular complexity index is 1500. The maximum absolute atomic E-state index is 13.2. The molecule has 46 heavy (non-hydrogen) atoms. The molecule has 1 aliphatic rings. The number of esters is 3. The van der Waals surface area contributed by atoms with E-state index in [1.165, 1.54) is 26.0 Å². The number of amides is 1. The molecule has 14 nitrogen and oxygen atoms in total. The zero-order chi connectivity index (χ0) is 33.9. The number of nitrogens with one attached hydrogen (secondary N) is 2. The Labute approximate surface area is 267 Å². The lowest BCUT2D eigenvalue weighted by molar-refractivity contribution is -0.277. The van der Waals surface area contributed by atoms with Gasteiger partial charge in [0.2, 0.25) is 5.91 Å². The molecule has 1 fully saturated rings. The van der Waals surface area contributed by atoms with Crippen LogP contribution >= 0.6 is 0 Å². The Morgan fingerprint density at radius 2 is 1.50 bits per heavy atom. The third kappa shape index (κ3) is 11.2. The quantitative estimate of drug-likeness (QED) is 0.138. The lowest BCUT2D eigenvalue weighted by atomic mass is 9.96. The van der Waals surface area contributed by atoms with E-state index in [-0.39, 0.29) is 30.3 Å². The van der Waals surface area contributed by atoms with Crippen molar-refractivity contribution in [1.82, 2.24) is 10.0 Å². The van der Waals surface area contributed by atoms with Crippen molar-refractivity contribution < 1.29 is 51.3 Å². The van der Waals surface area contributed by atoms with E-state index in [9.17, 15) is 27.6 Å². The topological polar surface area (TPSA) is 185 Å². The third-order valence-corrected chi connectivity index (χ3v) is 7.97. The summed E-state index contributed by atoms with van der Waals surface area (Å²) in [5.41, 5.74) is 1.73. The minimum atomic E-state index is -4.01. The number of aryl methyl sites for hydroxylation is 1. The highest BCUT2D eigenvalue weighted by Gasteiger charge is 2.51. The highest BCUT2D eigenvalue weighted by Crippen LogP contribution is 2.28. The summed E-state index contributed by atoms with van der Waals surface area (Å²) < 4.78 is 56.9. The summed E-state index contributed by atoms with van der Waals surface area (Å²) >= 11 is 0. The van der Waals surface area contributed by atoms with Gasteiger partial charge in [-0.3, -0.25) is 28.9 Å². The van der Waals surface area contributed by atoms with Crippen molar-refractivity contribution in [2.75, 3.05) is 13.2 Å². The number of benzene rings is 2. The second-order valence-electron chi connectivity index (χ2n) is 10.5. The minimum Gasteiger partial charge on any atom is -0.463 e. The van der Waals surface area contributed by atoms with Gasteiger partial charge in [-0.05, 0) is 24.6 Å². The Morgan fingerprint density at radius 1 is 0.870 bits per heavy atom. The second kappa shape index (κ2) is 16.8. The number of nitrogens with zero attached hydrogens (tertiary/aromatic N) is 1. The monoisotopic (exact) mass is 661 g/mol. The van der Waals surface area contributed by atoms with Gasteiger partial charge in [0.25, 0.3) is 10.0 Å². The predicted molar refractivity (Wildman–Crippen MR) is 164 cm³/mol. The summed E-state index contributed by atoms with van der Waals surface area (Å²) in [5.74, 6) is -2.57. The van der Waals surface area contributed by atoms with Crippen LogP contribution in [0, 0.1) is 6.92 Å². The van der Waals surface area contributed by atoms with Gasteiger partial charge in [0.15, 0.2) is 18.5 Å². The van der Waals surface area contributed by atoms with Crippen LogP contribution < -0.4 is 10.0 Å². The highest BCUT2D eigenvalue weighted by atomic mass is 32.2. The molecule has 0 unspecified atom stereocenters. The largest absolute Gasteiger partial charge is 0.463 e. The first-order valence-electron chi connectivity index (χ1n) is 14.4. The molecule has 2 aromatic rings. The average molecular weight is 662 g/mol. The van der Waals surface area contributed by atoms with Crippen LogP contribution in [-0.4, -0.2) is 81.9 Å². The molecule has 5 atom stereocenters. The van der Waals surface area contributed by atoms with Gasteiger partial charge in [-0.1, -0.05) is 48.0 Å². The van der Waals surface area contributed by atoms with Gasteiger partial charge < -0.3 is 29.0 Å². The van der Waals surface area contributed by atoms with Gasteiger partial charge in [-0.2, -0.15) is 0 Å². The molecular weight excluding hydrogens is 622 g/mol. The van der Waals surface area contributed by atoms with Crippen molar-refractivity contribution in [3.63, 3.8) is 0 Å². The number of rotatable bonds is 13. The van der Waals surface area contributed by atoms with Gasteiger partial charge in [0, 0.05) is 34.1 Å². The van der Waals surface area contributed by atoms with E-state index in [1.807, 2.05) is 37.3 Å². The SMILES string of the molecule is CC(=O)N[C@H]1[C@@H](OCCC(=NCc2ccccc2)NS(=O)(=O)c2ccc(C)cc2)O[C@H](COC(C)=O)[C@@H](OC(C)=O)[C@@H]1OC(C)=O. The van der Waals surface area contributed by atoms with Gasteiger partial charge in [0.05, 0.1) is 18.0 Å².